The van der Waals surface area contributed by atoms with E-state index >= 15 is 0 Å². The smallest absolute Gasteiger partial charge is 0.322 e. The molecule has 0 spiro atoms. The van der Waals surface area contributed by atoms with Gasteiger partial charge >= 0.3 is 6.03 Å². The molecule has 2 aromatic carbocycles. The standard InChI is InChI=1S/C22H23N3O2/c1-13-5-7-16(8-6-13)20-19-18(24(4)22(27)23-20)12-25(21(19)26)17-10-14(2)9-15(3)11-17/h5-11,20H,12H2,1-4H3,(H,23,27)/t20-/m0/s1. The first-order chi connectivity index (χ1) is 12.8. The molecule has 0 aromatic heterocycles. The summed E-state index contributed by atoms with van der Waals surface area (Å²) >= 11 is 0. The minimum Gasteiger partial charge on any atom is -0.327 e. The van der Waals surface area contributed by atoms with Crippen LogP contribution in [0.2, 0.25) is 0 Å². The van der Waals surface area contributed by atoms with Crippen LogP contribution < -0.4 is 10.2 Å². The predicted molar refractivity (Wildman–Crippen MR) is 106 cm³/mol. The van der Waals surface area contributed by atoms with E-state index in [1.807, 2.05) is 57.2 Å². The number of nitrogens with one attached hydrogen (secondary N) is 1. The molecular formula is C22H23N3O2. The number of aryl methyl sites for hydroxylation is 3. The lowest BCUT2D eigenvalue weighted by Gasteiger charge is -2.31. The number of likely N-dealkylation sites (N-methyl/N-ethyl adjacent to an activating group) is 1. The van der Waals surface area contributed by atoms with Crippen molar-refractivity contribution in [3.8, 4) is 0 Å². The van der Waals surface area contributed by atoms with Crippen LogP contribution in [0.4, 0.5) is 10.5 Å². The molecule has 0 saturated heterocycles. The van der Waals surface area contributed by atoms with Crippen molar-refractivity contribution in [2.75, 3.05) is 18.5 Å². The lowest BCUT2D eigenvalue weighted by Crippen LogP contribution is -2.45. The lowest BCUT2D eigenvalue weighted by molar-refractivity contribution is -0.114. The van der Waals surface area contributed by atoms with Crippen LogP contribution in [0.5, 0.6) is 0 Å². The molecule has 2 aromatic rings. The number of rotatable bonds is 2. The molecule has 0 radical (unpaired) electrons. The summed E-state index contributed by atoms with van der Waals surface area (Å²) in [4.78, 5) is 29.2. The number of hydrogen-bond donors (Lipinski definition) is 1. The average Bonchev–Trinajstić information content (AvgIpc) is 2.96. The van der Waals surface area contributed by atoms with Gasteiger partial charge in [-0.2, -0.15) is 0 Å². The molecule has 5 heteroatoms. The highest BCUT2D eigenvalue weighted by Gasteiger charge is 2.43. The zero-order valence-corrected chi connectivity index (χ0v) is 16.0. The maximum Gasteiger partial charge on any atom is 0.322 e. The summed E-state index contributed by atoms with van der Waals surface area (Å²) in [6.45, 7) is 6.47. The monoisotopic (exact) mass is 361 g/mol. The largest absolute Gasteiger partial charge is 0.327 e. The molecule has 5 nitrogen and oxygen atoms in total. The topological polar surface area (TPSA) is 52.7 Å². The van der Waals surface area contributed by atoms with Gasteiger partial charge in [0, 0.05) is 12.7 Å². The van der Waals surface area contributed by atoms with Gasteiger partial charge < -0.3 is 10.2 Å². The number of amides is 3. The van der Waals surface area contributed by atoms with Gasteiger partial charge in [0.1, 0.15) is 0 Å². The maximum absolute atomic E-state index is 13.4. The fraction of sp³-hybridized carbons (Fsp3) is 0.273. The number of hydrogen-bond acceptors (Lipinski definition) is 2. The molecule has 0 saturated carbocycles. The van der Waals surface area contributed by atoms with E-state index < -0.39 is 6.04 Å². The highest BCUT2D eigenvalue weighted by atomic mass is 16.2. The molecule has 138 valence electrons. The number of urea groups is 1. The van der Waals surface area contributed by atoms with Gasteiger partial charge in [0.2, 0.25) is 0 Å². The van der Waals surface area contributed by atoms with Crippen molar-refractivity contribution in [3.05, 3.63) is 76.0 Å². The van der Waals surface area contributed by atoms with E-state index in [1.165, 1.54) is 0 Å². The van der Waals surface area contributed by atoms with Crippen LogP contribution in [-0.4, -0.2) is 30.4 Å². The Balaban J connectivity index is 1.77. The first-order valence-electron chi connectivity index (χ1n) is 9.09. The summed E-state index contributed by atoms with van der Waals surface area (Å²) in [6, 6.07) is 13.5. The van der Waals surface area contributed by atoms with Crippen LogP contribution in [0.25, 0.3) is 0 Å². The maximum atomic E-state index is 13.4. The summed E-state index contributed by atoms with van der Waals surface area (Å²) in [5, 5.41) is 2.98. The number of carbonyl (C=O) groups excluding carboxylic acids is 2. The molecule has 0 fully saturated rings. The zero-order chi connectivity index (χ0) is 19.3. The normalized spacial score (nSPS) is 19.5. The van der Waals surface area contributed by atoms with Gasteiger partial charge in [0.25, 0.3) is 5.91 Å². The van der Waals surface area contributed by atoms with Crippen LogP contribution in [0, 0.1) is 20.8 Å². The summed E-state index contributed by atoms with van der Waals surface area (Å²) < 4.78 is 0. The Hall–Kier alpha value is -3.08. The first kappa shape index (κ1) is 17.3. The Kier molecular flexibility index (Phi) is 4.02. The average molecular weight is 361 g/mol. The van der Waals surface area contributed by atoms with E-state index in [1.54, 1.807) is 16.8 Å². The minimum absolute atomic E-state index is 0.0487. The van der Waals surface area contributed by atoms with Crippen molar-refractivity contribution >= 4 is 17.6 Å². The molecule has 1 N–H and O–H groups in total. The molecule has 2 heterocycles. The predicted octanol–water partition coefficient (Wildman–Crippen LogP) is 3.61. The Morgan fingerprint density at radius 3 is 2.19 bits per heavy atom. The van der Waals surface area contributed by atoms with Gasteiger partial charge in [-0.05, 0) is 49.6 Å². The van der Waals surface area contributed by atoms with Crippen molar-refractivity contribution in [2.45, 2.75) is 26.8 Å². The minimum atomic E-state index is -0.423. The Labute approximate surface area is 159 Å². The molecular weight excluding hydrogens is 338 g/mol. The van der Waals surface area contributed by atoms with E-state index in [0.29, 0.717) is 12.1 Å². The molecule has 0 unspecified atom stereocenters. The molecule has 3 amide bonds. The molecule has 2 aliphatic rings. The third kappa shape index (κ3) is 2.89. The van der Waals surface area contributed by atoms with E-state index in [4.69, 9.17) is 0 Å². The van der Waals surface area contributed by atoms with Gasteiger partial charge in [0.05, 0.1) is 23.9 Å². The Bertz CT molecular complexity index is 955. The van der Waals surface area contributed by atoms with Crippen LogP contribution >= 0.6 is 0 Å². The molecule has 0 aliphatic carbocycles. The number of carbonyl (C=O) groups is 2. The Morgan fingerprint density at radius 2 is 1.56 bits per heavy atom. The number of nitrogens with zero attached hydrogens (tertiary/aromatic N) is 2. The summed E-state index contributed by atoms with van der Waals surface area (Å²) in [6.07, 6.45) is 0. The first-order valence-corrected chi connectivity index (χ1v) is 9.09. The van der Waals surface area contributed by atoms with Gasteiger partial charge in [-0.25, -0.2) is 4.79 Å². The lowest BCUT2D eigenvalue weighted by atomic mass is 9.95. The third-order valence-corrected chi connectivity index (χ3v) is 5.29. The van der Waals surface area contributed by atoms with E-state index in [0.717, 1.165) is 33.6 Å². The summed E-state index contributed by atoms with van der Waals surface area (Å²) in [5.74, 6) is -0.0487. The third-order valence-electron chi connectivity index (χ3n) is 5.29. The van der Waals surface area contributed by atoms with Gasteiger partial charge in [0.15, 0.2) is 0 Å². The number of benzene rings is 2. The van der Waals surface area contributed by atoms with Crippen LogP contribution in [0.1, 0.15) is 28.3 Å². The second-order valence-corrected chi connectivity index (χ2v) is 7.45. The van der Waals surface area contributed by atoms with E-state index in [9.17, 15) is 9.59 Å². The summed E-state index contributed by atoms with van der Waals surface area (Å²) in [5.41, 5.74) is 6.58. The van der Waals surface area contributed by atoms with Crippen molar-refractivity contribution in [1.29, 1.82) is 0 Å². The number of anilines is 1. The van der Waals surface area contributed by atoms with Gasteiger partial charge in [-0.15, -0.1) is 0 Å². The van der Waals surface area contributed by atoms with Crippen LogP contribution in [-0.2, 0) is 4.79 Å². The van der Waals surface area contributed by atoms with E-state index in [2.05, 4.69) is 11.4 Å². The second-order valence-electron chi connectivity index (χ2n) is 7.45. The summed E-state index contributed by atoms with van der Waals surface area (Å²) in [7, 11) is 1.72. The zero-order valence-electron chi connectivity index (χ0n) is 16.0. The van der Waals surface area contributed by atoms with E-state index in [-0.39, 0.29) is 11.9 Å². The fourth-order valence-electron chi connectivity index (χ4n) is 3.89. The van der Waals surface area contributed by atoms with Crippen molar-refractivity contribution in [1.82, 2.24) is 10.2 Å². The highest BCUT2D eigenvalue weighted by Crippen LogP contribution is 2.37. The van der Waals surface area contributed by atoms with Crippen LogP contribution in [0.3, 0.4) is 0 Å². The molecule has 1 atom stereocenters. The van der Waals surface area contributed by atoms with Crippen LogP contribution in [0.15, 0.2) is 53.7 Å². The van der Waals surface area contributed by atoms with Gasteiger partial charge in [-0.1, -0.05) is 35.9 Å². The van der Waals surface area contributed by atoms with Crippen molar-refractivity contribution in [3.63, 3.8) is 0 Å². The highest BCUT2D eigenvalue weighted by molar-refractivity contribution is 6.11. The molecule has 4 rings (SSSR count). The van der Waals surface area contributed by atoms with Crippen molar-refractivity contribution < 1.29 is 9.59 Å². The Morgan fingerprint density at radius 1 is 0.926 bits per heavy atom. The molecule has 0 bridgehead atoms. The molecule has 27 heavy (non-hydrogen) atoms. The van der Waals surface area contributed by atoms with Crippen molar-refractivity contribution in [2.24, 2.45) is 0 Å². The quantitative estimate of drug-likeness (QED) is 0.888. The SMILES string of the molecule is Cc1ccc([C@@H]2NC(=O)N(C)C3=C2C(=O)N(c2cc(C)cc(C)c2)C3)cc1. The molecule has 2 aliphatic heterocycles. The second kappa shape index (κ2) is 6.27. The van der Waals surface area contributed by atoms with Gasteiger partial charge in [-0.3, -0.25) is 9.69 Å². The fourth-order valence-corrected chi connectivity index (χ4v) is 3.89.